The molecule has 3 heterocycles. The summed E-state index contributed by atoms with van der Waals surface area (Å²) < 4.78 is 16.0. The zero-order chi connectivity index (χ0) is 24.2. The molecule has 1 saturated heterocycles. The number of aliphatic imine (C=N–C) groups is 1. The molecule has 8 nitrogen and oxygen atoms in total. The molecule has 5 rings (SSSR count). The number of fused-ring (bicyclic) bond motifs is 1. The lowest BCUT2D eigenvalue weighted by molar-refractivity contribution is -0.130. The molecule has 0 saturated carbocycles. The van der Waals surface area contributed by atoms with Crippen molar-refractivity contribution in [3.05, 3.63) is 89.8 Å². The molecule has 1 atom stereocenters. The van der Waals surface area contributed by atoms with Gasteiger partial charge in [-0.15, -0.1) is 0 Å². The van der Waals surface area contributed by atoms with Crippen LogP contribution >= 0.6 is 0 Å². The van der Waals surface area contributed by atoms with E-state index in [9.17, 15) is 14.0 Å². The molecule has 180 valence electrons. The van der Waals surface area contributed by atoms with Crippen LogP contribution in [-0.2, 0) is 24.3 Å². The van der Waals surface area contributed by atoms with Gasteiger partial charge in [0.05, 0.1) is 6.33 Å². The summed E-state index contributed by atoms with van der Waals surface area (Å²) >= 11 is 0. The van der Waals surface area contributed by atoms with Crippen LogP contribution in [0.3, 0.4) is 0 Å². The number of hydrogen-bond acceptors (Lipinski definition) is 4. The number of imidazole rings is 1. The molecule has 2 aliphatic heterocycles. The summed E-state index contributed by atoms with van der Waals surface area (Å²) in [5.41, 5.74) is 3.03. The van der Waals surface area contributed by atoms with Crippen molar-refractivity contribution in [1.82, 2.24) is 24.7 Å². The molecule has 0 aliphatic carbocycles. The Bertz CT molecular complexity index is 1240. The second kappa shape index (κ2) is 10.1. The van der Waals surface area contributed by atoms with Gasteiger partial charge in [-0.25, -0.2) is 14.2 Å². The van der Waals surface area contributed by atoms with Gasteiger partial charge in [0.15, 0.2) is 0 Å². The zero-order valence-corrected chi connectivity index (χ0v) is 19.3. The normalized spacial score (nSPS) is 18.6. The molecule has 2 aromatic carbocycles. The SMILES string of the molecule is O=C(CN=C1NC(=O)N(CCCn2ccnc2)C1c1cccc(F)c1)N1CCc2ccccc2C1. The Balaban J connectivity index is 1.31. The van der Waals surface area contributed by atoms with Crippen LogP contribution in [0.5, 0.6) is 0 Å². The minimum Gasteiger partial charge on any atom is -0.337 e. The Morgan fingerprint density at radius 1 is 1.14 bits per heavy atom. The summed E-state index contributed by atoms with van der Waals surface area (Å²) in [7, 11) is 0. The highest BCUT2D eigenvalue weighted by molar-refractivity contribution is 6.08. The monoisotopic (exact) mass is 474 g/mol. The molecule has 2 aliphatic rings. The number of benzene rings is 2. The fourth-order valence-electron chi connectivity index (χ4n) is 4.69. The van der Waals surface area contributed by atoms with E-state index in [0.717, 1.165) is 12.0 Å². The van der Waals surface area contributed by atoms with E-state index in [4.69, 9.17) is 0 Å². The Hall–Kier alpha value is -4.01. The maximum atomic E-state index is 14.1. The summed E-state index contributed by atoms with van der Waals surface area (Å²) in [6.45, 7) is 2.26. The number of amidine groups is 1. The molecular formula is C26H27FN6O2. The maximum Gasteiger partial charge on any atom is 0.323 e. The number of nitrogens with zero attached hydrogens (tertiary/aromatic N) is 5. The van der Waals surface area contributed by atoms with Crippen LogP contribution in [0, 0.1) is 5.82 Å². The summed E-state index contributed by atoms with van der Waals surface area (Å²) in [4.78, 5) is 37.8. The molecule has 1 aromatic heterocycles. The largest absolute Gasteiger partial charge is 0.337 e. The minimum absolute atomic E-state index is 0.0769. The van der Waals surface area contributed by atoms with Crippen LogP contribution in [0.15, 0.2) is 72.2 Å². The Kier molecular flexibility index (Phi) is 6.56. The van der Waals surface area contributed by atoms with Gasteiger partial charge in [0.1, 0.15) is 24.2 Å². The fraction of sp³-hybridized carbons (Fsp3) is 0.308. The number of amides is 3. The molecule has 1 N–H and O–H groups in total. The number of hydrogen-bond donors (Lipinski definition) is 1. The third-order valence-corrected chi connectivity index (χ3v) is 6.47. The van der Waals surface area contributed by atoms with Gasteiger partial charge in [-0.1, -0.05) is 36.4 Å². The van der Waals surface area contributed by atoms with Crippen LogP contribution in [0.1, 0.15) is 29.2 Å². The van der Waals surface area contributed by atoms with Gasteiger partial charge in [-0.05, 0) is 41.7 Å². The fourth-order valence-corrected chi connectivity index (χ4v) is 4.69. The first-order chi connectivity index (χ1) is 17.1. The molecule has 35 heavy (non-hydrogen) atoms. The number of carbonyl (C=O) groups excluding carboxylic acids is 2. The van der Waals surface area contributed by atoms with Crippen LogP contribution in [0.4, 0.5) is 9.18 Å². The maximum absolute atomic E-state index is 14.1. The number of urea groups is 1. The first-order valence-electron chi connectivity index (χ1n) is 11.8. The quantitative estimate of drug-likeness (QED) is 0.571. The van der Waals surface area contributed by atoms with Gasteiger partial charge in [0.25, 0.3) is 0 Å². The molecule has 0 radical (unpaired) electrons. The smallest absolute Gasteiger partial charge is 0.323 e. The van der Waals surface area contributed by atoms with Crippen molar-refractivity contribution in [3.8, 4) is 0 Å². The number of nitrogens with one attached hydrogen (secondary N) is 1. The predicted molar refractivity (Wildman–Crippen MR) is 129 cm³/mol. The molecule has 0 spiro atoms. The van der Waals surface area contributed by atoms with Crippen molar-refractivity contribution in [3.63, 3.8) is 0 Å². The van der Waals surface area contributed by atoms with Crippen LogP contribution in [0.25, 0.3) is 0 Å². The highest BCUT2D eigenvalue weighted by Gasteiger charge is 2.37. The second-order valence-corrected chi connectivity index (χ2v) is 8.77. The standard InChI is InChI=1S/C26H27FN6O2/c27-22-8-3-7-20(15-22)24-25(30-26(35)33(24)12-4-11-31-14-10-28-18-31)29-16-23(34)32-13-9-19-5-1-2-6-21(19)17-32/h1-3,5-8,10,14-15,18,24H,4,9,11-13,16-17H2,(H,29,30,35). The van der Waals surface area contributed by atoms with E-state index in [1.54, 1.807) is 34.5 Å². The number of aryl methyl sites for hydroxylation is 1. The van der Waals surface area contributed by atoms with Crippen molar-refractivity contribution < 1.29 is 14.0 Å². The van der Waals surface area contributed by atoms with Crippen molar-refractivity contribution >= 4 is 17.8 Å². The minimum atomic E-state index is -0.573. The van der Waals surface area contributed by atoms with E-state index in [1.807, 2.05) is 29.0 Å². The average Bonchev–Trinajstić information content (AvgIpc) is 3.50. The number of rotatable bonds is 7. The molecule has 0 bridgehead atoms. The molecule has 3 aromatic rings. The van der Waals surface area contributed by atoms with E-state index in [1.165, 1.54) is 17.7 Å². The van der Waals surface area contributed by atoms with Crippen molar-refractivity contribution in [1.29, 1.82) is 0 Å². The topological polar surface area (TPSA) is 82.8 Å². The van der Waals surface area contributed by atoms with Crippen molar-refractivity contribution in [2.24, 2.45) is 4.99 Å². The zero-order valence-electron chi connectivity index (χ0n) is 19.3. The predicted octanol–water partition coefficient (Wildman–Crippen LogP) is 3.16. The van der Waals surface area contributed by atoms with E-state index in [2.05, 4.69) is 21.4 Å². The Labute approximate surface area is 203 Å². The first kappa shape index (κ1) is 22.8. The van der Waals surface area contributed by atoms with Crippen molar-refractivity contribution in [2.75, 3.05) is 19.6 Å². The third-order valence-electron chi connectivity index (χ3n) is 6.47. The molecule has 1 fully saturated rings. The van der Waals surface area contributed by atoms with Gasteiger partial charge >= 0.3 is 6.03 Å². The summed E-state index contributed by atoms with van der Waals surface area (Å²) in [6.07, 6.45) is 6.80. The average molecular weight is 475 g/mol. The highest BCUT2D eigenvalue weighted by Crippen LogP contribution is 2.28. The van der Waals surface area contributed by atoms with E-state index in [0.29, 0.717) is 44.0 Å². The summed E-state index contributed by atoms with van der Waals surface area (Å²) in [5, 5.41) is 2.81. The van der Waals surface area contributed by atoms with Gasteiger partial charge in [-0.3, -0.25) is 15.1 Å². The first-order valence-corrected chi connectivity index (χ1v) is 11.8. The number of aromatic nitrogens is 2. The summed E-state index contributed by atoms with van der Waals surface area (Å²) in [5.74, 6) is -0.116. The van der Waals surface area contributed by atoms with E-state index >= 15 is 0 Å². The van der Waals surface area contributed by atoms with Gasteiger partial charge in [0, 0.05) is 38.6 Å². The number of carbonyl (C=O) groups is 2. The Morgan fingerprint density at radius 2 is 2.00 bits per heavy atom. The molecule has 9 heteroatoms. The third kappa shape index (κ3) is 5.08. The molecule has 3 amide bonds. The lowest BCUT2D eigenvalue weighted by Gasteiger charge is -2.28. The van der Waals surface area contributed by atoms with Crippen LogP contribution in [-0.4, -0.2) is 56.8 Å². The van der Waals surface area contributed by atoms with Gasteiger partial charge in [0.2, 0.25) is 5.91 Å². The molecule has 1 unspecified atom stereocenters. The van der Waals surface area contributed by atoms with E-state index < -0.39 is 6.04 Å². The lowest BCUT2D eigenvalue weighted by Crippen LogP contribution is -2.37. The van der Waals surface area contributed by atoms with E-state index in [-0.39, 0.29) is 24.3 Å². The second-order valence-electron chi connectivity index (χ2n) is 8.77. The molecular weight excluding hydrogens is 447 g/mol. The van der Waals surface area contributed by atoms with Crippen LogP contribution < -0.4 is 5.32 Å². The number of halogens is 1. The van der Waals surface area contributed by atoms with Gasteiger partial charge in [-0.2, -0.15) is 0 Å². The van der Waals surface area contributed by atoms with Gasteiger partial charge < -0.3 is 14.4 Å². The van der Waals surface area contributed by atoms with Crippen molar-refractivity contribution in [2.45, 2.75) is 32.0 Å². The highest BCUT2D eigenvalue weighted by atomic mass is 19.1. The summed E-state index contributed by atoms with van der Waals surface area (Å²) in [6, 6.07) is 13.4. The Morgan fingerprint density at radius 3 is 2.80 bits per heavy atom. The lowest BCUT2D eigenvalue weighted by atomic mass is 10.00. The van der Waals surface area contributed by atoms with Crippen LogP contribution in [0.2, 0.25) is 0 Å².